The highest BCUT2D eigenvalue weighted by Crippen LogP contribution is 2.31. The number of carbonyl (C=O) groups excluding carboxylic acids is 1. The van der Waals surface area contributed by atoms with Gasteiger partial charge in [0.2, 0.25) is 10.0 Å². The lowest BCUT2D eigenvalue weighted by molar-refractivity contribution is 0.0730. The van der Waals surface area contributed by atoms with E-state index in [1.54, 1.807) is 24.3 Å². The maximum absolute atomic E-state index is 13.2. The number of nitrogens with one attached hydrogen (secondary N) is 1. The van der Waals surface area contributed by atoms with Gasteiger partial charge in [-0.3, -0.25) is 4.79 Å². The summed E-state index contributed by atoms with van der Waals surface area (Å²) in [5, 5.41) is 1.15. The zero-order valence-electron chi connectivity index (χ0n) is 16.8. The minimum absolute atomic E-state index is 0.0470. The van der Waals surface area contributed by atoms with Crippen LogP contribution in [0.5, 0.6) is 0 Å². The zero-order valence-corrected chi connectivity index (χ0v) is 17.6. The number of aromatic nitrogens is 1. The van der Waals surface area contributed by atoms with Crippen molar-refractivity contribution < 1.29 is 13.2 Å². The van der Waals surface area contributed by atoms with Crippen LogP contribution < -0.4 is 0 Å². The smallest absolute Gasteiger partial charge is 0.254 e. The molecule has 1 aromatic heterocycles. The van der Waals surface area contributed by atoms with Crippen molar-refractivity contribution in [2.24, 2.45) is 0 Å². The molecule has 0 bridgehead atoms. The average Bonchev–Trinajstić information content (AvgIpc) is 3.24. The molecule has 5 rings (SSSR count). The van der Waals surface area contributed by atoms with Crippen LogP contribution in [0.15, 0.2) is 59.6 Å². The number of aromatic amines is 1. The van der Waals surface area contributed by atoms with E-state index in [2.05, 4.69) is 23.2 Å². The van der Waals surface area contributed by atoms with E-state index < -0.39 is 10.0 Å². The van der Waals surface area contributed by atoms with E-state index in [1.807, 2.05) is 17.2 Å². The van der Waals surface area contributed by atoms with Gasteiger partial charge in [0, 0.05) is 43.0 Å². The van der Waals surface area contributed by atoms with Crippen LogP contribution in [0.4, 0.5) is 0 Å². The monoisotopic (exact) mass is 423 g/mol. The highest BCUT2D eigenvalue weighted by molar-refractivity contribution is 7.89. The molecule has 6 nitrogen and oxygen atoms in total. The standard InChI is InChI=1S/C23H25N3O3S/c27-23(19-5-9-21(10-6-19)30(28,29)25-13-1-2-14-25)26(20-7-8-20)16-17-3-4-18-11-12-24-22(18)15-17/h3-6,9-12,15,20,24H,1-2,7-8,13-14,16H2. The predicted octanol–water partition coefficient (Wildman–Crippen LogP) is 3.76. The Balaban J connectivity index is 1.36. The Labute approximate surface area is 176 Å². The predicted molar refractivity (Wildman–Crippen MR) is 116 cm³/mol. The molecule has 2 aliphatic rings. The first-order chi connectivity index (χ1) is 14.5. The van der Waals surface area contributed by atoms with Crippen LogP contribution in [0.3, 0.4) is 0 Å². The van der Waals surface area contributed by atoms with Gasteiger partial charge in [0.25, 0.3) is 5.91 Å². The minimum Gasteiger partial charge on any atom is -0.361 e. The number of nitrogens with zero attached hydrogens (tertiary/aromatic N) is 2. The Bertz CT molecular complexity index is 1170. The van der Waals surface area contributed by atoms with Gasteiger partial charge in [0.15, 0.2) is 0 Å². The third-order valence-electron chi connectivity index (χ3n) is 6.02. The van der Waals surface area contributed by atoms with Gasteiger partial charge in [-0.15, -0.1) is 0 Å². The number of sulfonamides is 1. The molecule has 30 heavy (non-hydrogen) atoms. The molecule has 1 N–H and O–H groups in total. The molecule has 156 valence electrons. The Hall–Kier alpha value is -2.64. The van der Waals surface area contributed by atoms with Crippen molar-refractivity contribution in [3.05, 3.63) is 65.9 Å². The number of hydrogen-bond donors (Lipinski definition) is 1. The zero-order chi connectivity index (χ0) is 20.7. The maximum Gasteiger partial charge on any atom is 0.254 e. The molecule has 3 aromatic rings. The van der Waals surface area contributed by atoms with Gasteiger partial charge in [-0.05, 0) is 73.0 Å². The van der Waals surface area contributed by atoms with Gasteiger partial charge in [-0.1, -0.05) is 12.1 Å². The van der Waals surface area contributed by atoms with Crippen LogP contribution in [0.25, 0.3) is 10.9 Å². The molecule has 1 saturated carbocycles. The molecular weight excluding hydrogens is 398 g/mol. The van der Waals surface area contributed by atoms with E-state index in [1.165, 1.54) is 4.31 Å². The second-order valence-corrected chi connectivity index (χ2v) is 10.1. The van der Waals surface area contributed by atoms with Crippen LogP contribution in [-0.2, 0) is 16.6 Å². The summed E-state index contributed by atoms with van der Waals surface area (Å²) >= 11 is 0. The number of amides is 1. The van der Waals surface area contributed by atoms with Crippen LogP contribution in [0.2, 0.25) is 0 Å². The first-order valence-electron chi connectivity index (χ1n) is 10.5. The summed E-state index contributed by atoms with van der Waals surface area (Å²) in [7, 11) is -3.46. The summed E-state index contributed by atoms with van der Waals surface area (Å²) in [4.78, 5) is 18.6. The van der Waals surface area contributed by atoms with Crippen molar-refractivity contribution in [2.45, 2.75) is 43.2 Å². The summed E-state index contributed by atoms with van der Waals surface area (Å²) in [6, 6.07) is 14.9. The molecule has 2 aromatic carbocycles. The van der Waals surface area contributed by atoms with Crippen LogP contribution >= 0.6 is 0 Å². The number of hydrogen-bond acceptors (Lipinski definition) is 3. The molecule has 1 saturated heterocycles. The number of H-pyrrole nitrogens is 1. The normalized spacial score (nSPS) is 17.5. The van der Waals surface area contributed by atoms with Crippen molar-refractivity contribution in [2.75, 3.05) is 13.1 Å². The molecule has 0 unspecified atom stereocenters. The molecule has 2 fully saturated rings. The summed E-state index contributed by atoms with van der Waals surface area (Å²) in [5.74, 6) is -0.0470. The lowest BCUT2D eigenvalue weighted by Crippen LogP contribution is -2.32. The summed E-state index contributed by atoms with van der Waals surface area (Å²) in [6.45, 7) is 1.69. The minimum atomic E-state index is -3.46. The molecular formula is C23H25N3O3S. The van der Waals surface area contributed by atoms with Crippen molar-refractivity contribution in [1.82, 2.24) is 14.2 Å². The number of fused-ring (bicyclic) bond motifs is 1. The number of benzene rings is 2. The molecule has 0 radical (unpaired) electrons. The average molecular weight is 424 g/mol. The summed E-state index contributed by atoms with van der Waals surface area (Å²) in [6.07, 6.45) is 5.74. The molecule has 0 spiro atoms. The van der Waals surface area contributed by atoms with Gasteiger partial charge in [-0.2, -0.15) is 4.31 Å². The second-order valence-electron chi connectivity index (χ2n) is 8.20. The molecule has 1 aliphatic carbocycles. The summed E-state index contributed by atoms with van der Waals surface area (Å²) in [5.41, 5.74) is 2.67. The van der Waals surface area contributed by atoms with E-state index >= 15 is 0 Å². The van der Waals surface area contributed by atoms with Crippen LogP contribution in [-0.4, -0.2) is 47.6 Å². The van der Waals surface area contributed by atoms with Crippen molar-refractivity contribution in [1.29, 1.82) is 0 Å². The van der Waals surface area contributed by atoms with Crippen LogP contribution in [0.1, 0.15) is 41.6 Å². The van der Waals surface area contributed by atoms with Gasteiger partial charge in [-0.25, -0.2) is 8.42 Å². The van der Waals surface area contributed by atoms with Crippen molar-refractivity contribution in [3.8, 4) is 0 Å². The third kappa shape index (κ3) is 3.63. The Kier molecular flexibility index (Phi) is 4.87. The van der Waals surface area contributed by atoms with E-state index in [0.717, 1.165) is 42.1 Å². The number of rotatable bonds is 6. The molecule has 1 aliphatic heterocycles. The first kappa shape index (κ1) is 19.3. The third-order valence-corrected chi connectivity index (χ3v) is 7.94. The van der Waals surface area contributed by atoms with Crippen molar-refractivity contribution in [3.63, 3.8) is 0 Å². The quantitative estimate of drug-likeness (QED) is 0.656. The Morgan fingerprint density at radius 3 is 2.47 bits per heavy atom. The lowest BCUT2D eigenvalue weighted by atomic mass is 10.1. The highest BCUT2D eigenvalue weighted by atomic mass is 32.2. The topological polar surface area (TPSA) is 73.5 Å². The fourth-order valence-electron chi connectivity index (χ4n) is 4.16. The Morgan fingerprint density at radius 2 is 1.77 bits per heavy atom. The maximum atomic E-state index is 13.2. The van der Waals surface area contributed by atoms with E-state index in [4.69, 9.17) is 0 Å². The van der Waals surface area contributed by atoms with E-state index in [0.29, 0.717) is 25.2 Å². The lowest BCUT2D eigenvalue weighted by Gasteiger charge is -2.23. The largest absolute Gasteiger partial charge is 0.361 e. The highest BCUT2D eigenvalue weighted by Gasteiger charge is 2.33. The molecule has 1 amide bonds. The van der Waals surface area contributed by atoms with Crippen LogP contribution in [0, 0.1) is 0 Å². The Morgan fingerprint density at radius 1 is 1.03 bits per heavy atom. The summed E-state index contributed by atoms with van der Waals surface area (Å²) < 4.78 is 27.0. The van der Waals surface area contributed by atoms with Gasteiger partial charge in [0.05, 0.1) is 4.90 Å². The number of carbonyl (C=O) groups is 1. The van der Waals surface area contributed by atoms with Gasteiger partial charge in [0.1, 0.15) is 0 Å². The van der Waals surface area contributed by atoms with Gasteiger partial charge >= 0.3 is 0 Å². The second kappa shape index (κ2) is 7.56. The van der Waals surface area contributed by atoms with Gasteiger partial charge < -0.3 is 9.88 Å². The molecule has 0 atom stereocenters. The first-order valence-corrected chi connectivity index (χ1v) is 11.9. The fourth-order valence-corrected chi connectivity index (χ4v) is 5.67. The molecule has 7 heteroatoms. The van der Waals surface area contributed by atoms with Crippen molar-refractivity contribution >= 4 is 26.8 Å². The fraction of sp³-hybridized carbons (Fsp3) is 0.348. The van der Waals surface area contributed by atoms with E-state index in [9.17, 15) is 13.2 Å². The van der Waals surface area contributed by atoms with E-state index in [-0.39, 0.29) is 16.8 Å². The molecule has 2 heterocycles. The SMILES string of the molecule is O=C(c1ccc(S(=O)(=O)N2CCCC2)cc1)N(Cc1ccc2cc[nH]c2c1)C1CC1.